The summed E-state index contributed by atoms with van der Waals surface area (Å²) in [5, 5.41) is 0. The van der Waals surface area contributed by atoms with Gasteiger partial charge in [-0.25, -0.2) is 14.4 Å². The molecule has 1 saturated heterocycles. The van der Waals surface area contributed by atoms with Gasteiger partial charge in [0.2, 0.25) is 0 Å². The van der Waals surface area contributed by atoms with Crippen LogP contribution in [0.1, 0.15) is 30.0 Å². The fourth-order valence-electron chi connectivity index (χ4n) is 3.86. The lowest BCUT2D eigenvalue weighted by Crippen LogP contribution is -2.34. The van der Waals surface area contributed by atoms with E-state index in [4.69, 9.17) is 9.97 Å². The first kappa shape index (κ1) is 19.5. The zero-order valence-corrected chi connectivity index (χ0v) is 16.9. The van der Waals surface area contributed by atoms with Crippen molar-refractivity contribution in [2.45, 2.75) is 25.3 Å². The quantitative estimate of drug-likeness (QED) is 0.655. The minimum atomic E-state index is -0.176. The van der Waals surface area contributed by atoms with Crippen molar-refractivity contribution >= 4 is 5.82 Å². The highest BCUT2D eigenvalue weighted by Gasteiger charge is 2.24. The monoisotopic (exact) mass is 391 g/mol. The van der Waals surface area contributed by atoms with Gasteiger partial charge in [-0.1, -0.05) is 12.1 Å². The van der Waals surface area contributed by atoms with E-state index in [1.165, 1.54) is 6.07 Å². The highest BCUT2D eigenvalue weighted by atomic mass is 19.1. The predicted octanol–water partition coefficient (Wildman–Crippen LogP) is 4.12. The number of anilines is 1. The molecule has 3 aromatic rings. The van der Waals surface area contributed by atoms with Gasteiger partial charge in [-0.3, -0.25) is 9.88 Å². The van der Waals surface area contributed by atoms with Crippen LogP contribution in [0.5, 0.6) is 0 Å². The third-order valence-corrected chi connectivity index (χ3v) is 5.35. The van der Waals surface area contributed by atoms with E-state index >= 15 is 0 Å². The highest BCUT2D eigenvalue weighted by Crippen LogP contribution is 2.30. The number of hydrogen-bond donors (Lipinski definition) is 0. The molecule has 5 nitrogen and oxygen atoms in total. The van der Waals surface area contributed by atoms with Crippen LogP contribution in [-0.4, -0.2) is 47.0 Å². The number of piperidine rings is 1. The minimum Gasteiger partial charge on any atom is -0.363 e. The van der Waals surface area contributed by atoms with Crippen LogP contribution in [-0.2, 0) is 6.54 Å². The Kier molecular flexibility index (Phi) is 5.81. The molecule has 1 fully saturated rings. The molecule has 0 radical (unpaired) electrons. The van der Waals surface area contributed by atoms with Crippen molar-refractivity contribution in [3.63, 3.8) is 0 Å². The first-order chi connectivity index (χ1) is 14.1. The molecule has 2 aromatic heterocycles. The summed E-state index contributed by atoms with van der Waals surface area (Å²) in [6.45, 7) is 2.70. The molecule has 0 unspecified atom stereocenters. The Morgan fingerprint density at radius 2 is 1.93 bits per heavy atom. The average molecular weight is 391 g/mol. The number of halogens is 1. The first-order valence-corrected chi connectivity index (χ1v) is 10.0. The molecule has 1 aromatic carbocycles. The molecule has 0 bridgehead atoms. The van der Waals surface area contributed by atoms with Gasteiger partial charge in [0.15, 0.2) is 5.82 Å². The van der Waals surface area contributed by atoms with Gasteiger partial charge in [-0.15, -0.1) is 0 Å². The topological polar surface area (TPSA) is 45.2 Å². The van der Waals surface area contributed by atoms with E-state index in [2.05, 4.69) is 16.0 Å². The van der Waals surface area contributed by atoms with Crippen LogP contribution >= 0.6 is 0 Å². The molecule has 1 aliphatic heterocycles. The maximum atomic E-state index is 13.5. The molecule has 0 saturated carbocycles. The number of nitrogens with zero attached hydrogens (tertiary/aromatic N) is 5. The summed E-state index contributed by atoms with van der Waals surface area (Å²) in [5.41, 5.74) is 3.05. The Bertz CT molecular complexity index is 960. The Labute approximate surface area is 171 Å². The molecule has 6 heteroatoms. The van der Waals surface area contributed by atoms with E-state index in [0.717, 1.165) is 60.9 Å². The molecule has 0 aliphatic carbocycles. The summed E-state index contributed by atoms with van der Waals surface area (Å²) in [6.07, 6.45) is 5.73. The van der Waals surface area contributed by atoms with Gasteiger partial charge in [-0.05, 0) is 49.2 Å². The molecular weight excluding hydrogens is 365 g/mol. The summed E-state index contributed by atoms with van der Waals surface area (Å²) in [6, 6.07) is 12.9. The molecule has 150 valence electrons. The van der Waals surface area contributed by atoms with Crippen LogP contribution in [0.2, 0.25) is 0 Å². The molecule has 1 aliphatic rings. The van der Waals surface area contributed by atoms with Gasteiger partial charge < -0.3 is 4.90 Å². The van der Waals surface area contributed by atoms with Gasteiger partial charge in [0, 0.05) is 57.1 Å². The second kappa shape index (κ2) is 8.66. The summed E-state index contributed by atoms with van der Waals surface area (Å²) in [7, 11) is 4.00. The van der Waals surface area contributed by atoms with E-state index in [9.17, 15) is 4.39 Å². The summed E-state index contributed by atoms with van der Waals surface area (Å²) >= 11 is 0. The van der Waals surface area contributed by atoms with Crippen LogP contribution in [0.15, 0.2) is 54.9 Å². The van der Waals surface area contributed by atoms with Crippen molar-refractivity contribution in [2.75, 3.05) is 32.1 Å². The maximum Gasteiger partial charge on any atom is 0.161 e. The van der Waals surface area contributed by atoms with E-state index < -0.39 is 0 Å². The molecular formula is C23H26FN5. The van der Waals surface area contributed by atoms with E-state index in [1.807, 2.05) is 37.2 Å². The number of likely N-dealkylation sites (tertiary alicyclic amines) is 1. The van der Waals surface area contributed by atoms with E-state index in [1.54, 1.807) is 24.5 Å². The molecule has 0 amide bonds. The zero-order valence-electron chi connectivity index (χ0n) is 16.9. The summed E-state index contributed by atoms with van der Waals surface area (Å²) in [5.74, 6) is 1.80. The van der Waals surface area contributed by atoms with Crippen molar-refractivity contribution < 1.29 is 4.39 Å². The lowest BCUT2D eigenvalue weighted by atomic mass is 9.94. The molecule has 29 heavy (non-hydrogen) atoms. The van der Waals surface area contributed by atoms with Gasteiger partial charge in [0.25, 0.3) is 0 Å². The van der Waals surface area contributed by atoms with Gasteiger partial charge in [0.1, 0.15) is 11.6 Å². The molecule has 1 atom stereocenters. The number of pyridine rings is 1. The fourth-order valence-corrected chi connectivity index (χ4v) is 3.86. The van der Waals surface area contributed by atoms with E-state index in [0.29, 0.717) is 5.92 Å². The summed E-state index contributed by atoms with van der Waals surface area (Å²) < 4.78 is 13.5. The Morgan fingerprint density at radius 3 is 2.69 bits per heavy atom. The van der Waals surface area contributed by atoms with Crippen molar-refractivity contribution in [3.05, 3.63) is 71.9 Å². The van der Waals surface area contributed by atoms with Crippen molar-refractivity contribution in [1.29, 1.82) is 0 Å². The van der Waals surface area contributed by atoms with Crippen LogP contribution in [0.3, 0.4) is 0 Å². The summed E-state index contributed by atoms with van der Waals surface area (Å²) in [4.78, 5) is 18.1. The van der Waals surface area contributed by atoms with Crippen molar-refractivity contribution in [2.24, 2.45) is 0 Å². The number of rotatable bonds is 5. The highest BCUT2D eigenvalue weighted by molar-refractivity contribution is 5.57. The SMILES string of the molecule is CN(C)c1cc([C@@H]2CCCN(Cc3cccc(F)c3)C2)nc(-c2ccncc2)n1. The van der Waals surface area contributed by atoms with Crippen LogP contribution in [0.4, 0.5) is 10.2 Å². The second-order valence-corrected chi connectivity index (χ2v) is 7.81. The Morgan fingerprint density at radius 1 is 1.10 bits per heavy atom. The number of aromatic nitrogens is 3. The Balaban J connectivity index is 1.58. The third-order valence-electron chi connectivity index (χ3n) is 5.35. The molecule has 0 N–H and O–H groups in total. The van der Waals surface area contributed by atoms with E-state index in [-0.39, 0.29) is 5.82 Å². The lowest BCUT2D eigenvalue weighted by Gasteiger charge is -2.33. The van der Waals surface area contributed by atoms with Gasteiger partial charge >= 0.3 is 0 Å². The standard InChI is InChI=1S/C23H26FN5/c1-28(2)22-14-21(26-23(27-22)18-8-10-25-11-9-18)19-6-4-12-29(16-19)15-17-5-3-7-20(24)13-17/h3,5,7-11,13-14,19H,4,6,12,15-16H2,1-2H3/t19-/m1/s1. The first-order valence-electron chi connectivity index (χ1n) is 10.0. The average Bonchev–Trinajstić information content (AvgIpc) is 2.74. The molecule has 3 heterocycles. The number of benzene rings is 1. The van der Waals surface area contributed by atoms with Crippen molar-refractivity contribution in [3.8, 4) is 11.4 Å². The maximum absolute atomic E-state index is 13.5. The smallest absolute Gasteiger partial charge is 0.161 e. The normalized spacial score (nSPS) is 17.3. The van der Waals surface area contributed by atoms with Gasteiger partial charge in [0.05, 0.1) is 5.69 Å². The molecule has 4 rings (SSSR count). The van der Waals surface area contributed by atoms with Gasteiger partial charge in [-0.2, -0.15) is 0 Å². The third kappa shape index (κ3) is 4.77. The minimum absolute atomic E-state index is 0.176. The predicted molar refractivity (Wildman–Crippen MR) is 113 cm³/mol. The number of hydrogen-bond acceptors (Lipinski definition) is 5. The molecule has 0 spiro atoms. The fraction of sp³-hybridized carbons (Fsp3) is 0.348. The second-order valence-electron chi connectivity index (χ2n) is 7.81. The van der Waals surface area contributed by atoms with Crippen LogP contribution in [0, 0.1) is 5.82 Å². The van der Waals surface area contributed by atoms with Crippen LogP contribution < -0.4 is 4.90 Å². The zero-order chi connectivity index (χ0) is 20.2. The Hall–Kier alpha value is -2.86. The largest absolute Gasteiger partial charge is 0.363 e. The van der Waals surface area contributed by atoms with Crippen LogP contribution in [0.25, 0.3) is 11.4 Å². The lowest BCUT2D eigenvalue weighted by molar-refractivity contribution is 0.198. The van der Waals surface area contributed by atoms with Crippen molar-refractivity contribution in [1.82, 2.24) is 19.9 Å².